The predicted molar refractivity (Wildman–Crippen MR) is 83.0 cm³/mol. The Kier molecular flexibility index (Phi) is 5.69. The minimum absolute atomic E-state index is 0.0980. The minimum Gasteiger partial charge on any atom is -0.480 e. The lowest BCUT2D eigenvalue weighted by Crippen LogP contribution is -2.48. The lowest BCUT2D eigenvalue weighted by Gasteiger charge is -2.34. The predicted octanol–water partition coefficient (Wildman–Crippen LogP) is 0.865. The minimum atomic E-state index is -0.921. The number of carboxylic acids is 1. The van der Waals surface area contributed by atoms with Crippen LogP contribution < -0.4 is 4.90 Å². The Balaban J connectivity index is 2.09. The molecule has 23 heavy (non-hydrogen) atoms. The number of halogens is 1. The fraction of sp³-hybridized carbons (Fsp3) is 0.538. The van der Waals surface area contributed by atoms with Gasteiger partial charge in [-0.3, -0.25) is 19.8 Å². The number of aliphatic carboxylic acids is 1. The van der Waals surface area contributed by atoms with Crippen molar-refractivity contribution in [2.75, 3.05) is 44.7 Å². The molecule has 1 N–H and O–H groups in total. The molecular weight excluding hydrogens is 328 g/mol. The Morgan fingerprint density at radius 3 is 3.09 bits per heavy atom. The highest BCUT2D eigenvalue weighted by Gasteiger charge is 2.28. The van der Waals surface area contributed by atoms with Crippen LogP contribution in [0.2, 0.25) is 5.02 Å². The first kappa shape index (κ1) is 17.4. The molecule has 1 aliphatic heterocycles. The van der Waals surface area contributed by atoms with E-state index >= 15 is 0 Å². The molecule has 2 rings (SSSR count). The van der Waals surface area contributed by atoms with Gasteiger partial charge in [0, 0.05) is 31.9 Å². The van der Waals surface area contributed by atoms with Crippen molar-refractivity contribution in [3.05, 3.63) is 27.4 Å². The molecule has 10 heteroatoms. The second-order valence-electron chi connectivity index (χ2n) is 5.28. The molecule has 0 radical (unpaired) electrons. The monoisotopic (exact) mass is 344 g/mol. The van der Waals surface area contributed by atoms with E-state index in [9.17, 15) is 14.9 Å². The van der Waals surface area contributed by atoms with Gasteiger partial charge in [-0.05, 0) is 7.05 Å². The molecule has 1 aromatic heterocycles. The van der Waals surface area contributed by atoms with Gasteiger partial charge in [-0.15, -0.1) is 0 Å². The quantitative estimate of drug-likeness (QED) is 0.598. The largest absolute Gasteiger partial charge is 0.480 e. The summed E-state index contributed by atoms with van der Waals surface area (Å²) in [4.78, 5) is 28.8. The third-order valence-electron chi connectivity index (χ3n) is 3.37. The molecule has 1 atom stereocenters. The molecule has 1 saturated heterocycles. The summed E-state index contributed by atoms with van der Waals surface area (Å²) in [5.41, 5.74) is -0.156. The molecule has 126 valence electrons. The number of hydrogen-bond donors (Lipinski definition) is 1. The topological polar surface area (TPSA) is 109 Å². The number of carbonyl (C=O) groups is 1. The average molecular weight is 345 g/mol. The Morgan fingerprint density at radius 1 is 1.70 bits per heavy atom. The van der Waals surface area contributed by atoms with Gasteiger partial charge in [0.15, 0.2) is 0 Å². The van der Waals surface area contributed by atoms with E-state index in [0.29, 0.717) is 26.2 Å². The normalized spacial score (nSPS) is 18.2. The number of rotatable bonds is 6. The highest BCUT2D eigenvalue weighted by molar-refractivity contribution is 6.30. The number of morpholine rings is 1. The van der Waals surface area contributed by atoms with Gasteiger partial charge in [-0.25, -0.2) is 4.98 Å². The van der Waals surface area contributed by atoms with E-state index in [1.807, 2.05) is 0 Å². The molecule has 1 unspecified atom stereocenters. The zero-order valence-electron chi connectivity index (χ0n) is 12.5. The maximum absolute atomic E-state index is 11.2. The van der Waals surface area contributed by atoms with Crippen molar-refractivity contribution in [2.45, 2.75) is 6.10 Å². The van der Waals surface area contributed by atoms with Gasteiger partial charge in [0.1, 0.15) is 0 Å². The van der Waals surface area contributed by atoms with E-state index < -0.39 is 10.9 Å². The van der Waals surface area contributed by atoms with Crippen LogP contribution in [0.25, 0.3) is 0 Å². The Bertz CT molecular complexity index is 600. The number of nitro groups is 1. The summed E-state index contributed by atoms with van der Waals surface area (Å²) in [6, 6.07) is 1.27. The first-order chi connectivity index (χ1) is 10.9. The average Bonchev–Trinajstić information content (AvgIpc) is 2.46. The van der Waals surface area contributed by atoms with Gasteiger partial charge >= 0.3 is 11.7 Å². The Labute approximate surface area is 137 Å². The molecule has 1 aromatic rings. The number of carboxylic acid groups (broad SMARTS) is 1. The van der Waals surface area contributed by atoms with Gasteiger partial charge in [-0.1, -0.05) is 11.6 Å². The maximum atomic E-state index is 11.2. The molecule has 1 aliphatic rings. The van der Waals surface area contributed by atoms with Crippen molar-refractivity contribution in [3.8, 4) is 0 Å². The summed E-state index contributed by atoms with van der Waals surface area (Å²) < 4.78 is 5.61. The molecular formula is C13H17ClN4O5. The number of pyridine rings is 1. The van der Waals surface area contributed by atoms with Crippen LogP contribution in [0.3, 0.4) is 0 Å². The van der Waals surface area contributed by atoms with Crippen LogP contribution in [-0.2, 0) is 9.53 Å². The van der Waals surface area contributed by atoms with Crippen LogP contribution in [0.5, 0.6) is 0 Å². The van der Waals surface area contributed by atoms with E-state index in [-0.39, 0.29) is 29.2 Å². The standard InChI is InChI=1S/C13H17ClN4O5/c1-16(8-12(19)20)6-10-7-17(2-3-23-10)13-11(18(21)22)4-9(14)5-15-13/h4-5,10H,2-3,6-8H2,1H3,(H,19,20). The lowest BCUT2D eigenvalue weighted by molar-refractivity contribution is -0.384. The van der Waals surface area contributed by atoms with Crippen LogP contribution in [0.4, 0.5) is 11.5 Å². The number of likely N-dealkylation sites (N-methyl/N-ethyl adjacent to an activating group) is 1. The van der Waals surface area contributed by atoms with E-state index in [1.54, 1.807) is 16.8 Å². The van der Waals surface area contributed by atoms with Crippen molar-refractivity contribution in [1.82, 2.24) is 9.88 Å². The summed E-state index contributed by atoms with van der Waals surface area (Å²) in [6.45, 7) is 1.55. The van der Waals surface area contributed by atoms with Crippen LogP contribution in [0, 0.1) is 10.1 Å². The zero-order valence-corrected chi connectivity index (χ0v) is 13.3. The SMILES string of the molecule is CN(CC(=O)O)CC1CN(c2ncc(Cl)cc2[N+](=O)[O-])CCO1. The van der Waals surface area contributed by atoms with Crippen LogP contribution in [-0.4, -0.2) is 71.8 Å². The third-order valence-corrected chi connectivity index (χ3v) is 3.58. The molecule has 0 aromatic carbocycles. The van der Waals surface area contributed by atoms with Crippen LogP contribution in [0.1, 0.15) is 0 Å². The van der Waals surface area contributed by atoms with Gasteiger partial charge in [0.05, 0.1) is 29.2 Å². The Morgan fingerprint density at radius 2 is 2.43 bits per heavy atom. The van der Waals surface area contributed by atoms with Crippen molar-refractivity contribution >= 4 is 29.1 Å². The van der Waals surface area contributed by atoms with E-state index in [1.165, 1.54) is 12.3 Å². The summed E-state index contributed by atoms with van der Waals surface area (Å²) in [5, 5.41) is 20.1. The van der Waals surface area contributed by atoms with Crippen molar-refractivity contribution < 1.29 is 19.6 Å². The number of nitrogens with zero attached hydrogens (tertiary/aromatic N) is 4. The highest BCUT2D eigenvalue weighted by Crippen LogP contribution is 2.29. The third kappa shape index (κ3) is 4.75. The number of hydrogen-bond acceptors (Lipinski definition) is 7. The van der Waals surface area contributed by atoms with Gasteiger partial charge in [-0.2, -0.15) is 0 Å². The fourth-order valence-electron chi connectivity index (χ4n) is 2.46. The molecule has 0 aliphatic carbocycles. The summed E-state index contributed by atoms with van der Waals surface area (Å²) >= 11 is 5.77. The van der Waals surface area contributed by atoms with Gasteiger partial charge < -0.3 is 14.7 Å². The molecule has 9 nitrogen and oxygen atoms in total. The van der Waals surface area contributed by atoms with Gasteiger partial charge in [0.2, 0.25) is 5.82 Å². The summed E-state index contributed by atoms with van der Waals surface area (Å²) in [7, 11) is 1.68. The van der Waals surface area contributed by atoms with Crippen LogP contribution >= 0.6 is 11.6 Å². The smallest absolute Gasteiger partial charge is 0.317 e. The van der Waals surface area contributed by atoms with E-state index in [2.05, 4.69) is 4.98 Å². The molecule has 2 heterocycles. The first-order valence-corrected chi connectivity index (χ1v) is 7.31. The molecule has 0 spiro atoms. The summed E-state index contributed by atoms with van der Waals surface area (Å²) in [6.07, 6.45) is 1.11. The fourth-order valence-corrected chi connectivity index (χ4v) is 2.62. The summed E-state index contributed by atoms with van der Waals surface area (Å²) in [5.74, 6) is -0.677. The van der Waals surface area contributed by atoms with Crippen molar-refractivity contribution in [1.29, 1.82) is 0 Å². The van der Waals surface area contributed by atoms with Crippen LogP contribution in [0.15, 0.2) is 12.3 Å². The van der Waals surface area contributed by atoms with Gasteiger partial charge in [0.25, 0.3) is 0 Å². The highest BCUT2D eigenvalue weighted by atomic mass is 35.5. The number of aromatic nitrogens is 1. The number of ether oxygens (including phenoxy) is 1. The molecule has 1 fully saturated rings. The molecule has 0 amide bonds. The van der Waals surface area contributed by atoms with Crippen molar-refractivity contribution in [3.63, 3.8) is 0 Å². The number of anilines is 1. The maximum Gasteiger partial charge on any atom is 0.317 e. The molecule has 0 bridgehead atoms. The Hall–Kier alpha value is -1.97. The zero-order chi connectivity index (χ0) is 17.0. The van der Waals surface area contributed by atoms with E-state index in [4.69, 9.17) is 21.4 Å². The molecule has 0 saturated carbocycles. The lowest BCUT2D eigenvalue weighted by atomic mass is 10.2. The van der Waals surface area contributed by atoms with E-state index in [0.717, 1.165) is 0 Å². The second kappa shape index (κ2) is 7.53. The van der Waals surface area contributed by atoms with Crippen molar-refractivity contribution in [2.24, 2.45) is 0 Å². The second-order valence-corrected chi connectivity index (χ2v) is 5.72. The first-order valence-electron chi connectivity index (χ1n) is 6.93.